The SMILES string of the molecule is Nc1ncc(C2=CCN(C(=O)c3c(F)cccc3F)CC2)nc1-c1nc2ccccc2[nH]1.[HH].[HH].[HH]. The Bertz CT molecular complexity index is 1340. The van der Waals surface area contributed by atoms with E-state index in [0.717, 1.165) is 28.7 Å². The van der Waals surface area contributed by atoms with Crippen LogP contribution in [0.5, 0.6) is 0 Å². The van der Waals surface area contributed by atoms with Gasteiger partial charge in [-0.2, -0.15) is 0 Å². The molecule has 0 saturated carbocycles. The third-order valence-corrected chi connectivity index (χ3v) is 5.42. The minimum atomic E-state index is -0.871. The molecule has 2 aromatic carbocycles. The van der Waals surface area contributed by atoms with Gasteiger partial charge in [-0.1, -0.05) is 24.3 Å². The van der Waals surface area contributed by atoms with Crippen molar-refractivity contribution in [3.8, 4) is 11.5 Å². The first kappa shape index (κ1) is 19.8. The van der Waals surface area contributed by atoms with E-state index in [0.29, 0.717) is 30.2 Å². The van der Waals surface area contributed by atoms with E-state index in [1.807, 2.05) is 30.3 Å². The number of nitrogens with one attached hydrogen (secondary N) is 1. The van der Waals surface area contributed by atoms with Crippen LogP contribution in [0, 0.1) is 11.6 Å². The summed E-state index contributed by atoms with van der Waals surface area (Å²) in [7, 11) is 0. The largest absolute Gasteiger partial charge is 0.382 e. The highest BCUT2D eigenvalue weighted by Crippen LogP contribution is 2.27. The highest BCUT2D eigenvalue weighted by molar-refractivity contribution is 5.95. The van der Waals surface area contributed by atoms with E-state index in [-0.39, 0.29) is 16.6 Å². The van der Waals surface area contributed by atoms with Crippen molar-refractivity contribution < 1.29 is 17.9 Å². The van der Waals surface area contributed by atoms with E-state index in [1.165, 1.54) is 11.0 Å². The van der Waals surface area contributed by atoms with Gasteiger partial charge in [-0.05, 0) is 36.3 Å². The van der Waals surface area contributed by atoms with Gasteiger partial charge in [0.15, 0.2) is 11.6 Å². The zero-order valence-corrected chi connectivity index (χ0v) is 16.8. The van der Waals surface area contributed by atoms with Crippen LogP contribution in [0.3, 0.4) is 0 Å². The van der Waals surface area contributed by atoms with Crippen LogP contribution in [0.1, 0.15) is 26.8 Å². The molecular formula is C23H24F2N6O. The van der Waals surface area contributed by atoms with E-state index in [4.69, 9.17) is 5.73 Å². The Morgan fingerprint density at radius 2 is 1.88 bits per heavy atom. The Kier molecular flexibility index (Phi) is 4.85. The van der Waals surface area contributed by atoms with Gasteiger partial charge in [0.1, 0.15) is 22.9 Å². The standard InChI is InChI=1S/C23H18F2N6O.3H2/c24-14-4-3-5-15(25)19(14)23(32)31-10-8-13(9-11-31)18-12-27-21(26)20(28-18)22-29-16-6-1-2-7-17(16)30-22;;;/h1-8,12H,9-11H2,(H2,26,27)(H,29,30);3*1H. The molecule has 4 aromatic rings. The van der Waals surface area contributed by atoms with Gasteiger partial charge in [-0.25, -0.2) is 23.7 Å². The minimum absolute atomic E-state index is 0. The molecule has 32 heavy (non-hydrogen) atoms. The van der Waals surface area contributed by atoms with Crippen LogP contribution < -0.4 is 5.73 Å². The maximum atomic E-state index is 14.0. The number of H-pyrrole nitrogens is 1. The number of hydrogen-bond acceptors (Lipinski definition) is 5. The number of hydrogen-bond donors (Lipinski definition) is 2. The predicted molar refractivity (Wildman–Crippen MR) is 123 cm³/mol. The lowest BCUT2D eigenvalue weighted by atomic mass is 10.0. The number of carbonyl (C=O) groups excluding carboxylic acids is 1. The summed E-state index contributed by atoms with van der Waals surface area (Å²) in [4.78, 5) is 30.6. The molecule has 1 amide bonds. The molecule has 0 atom stereocenters. The number of nitrogens with two attached hydrogens (primary N) is 1. The zero-order chi connectivity index (χ0) is 22.2. The molecule has 0 fully saturated rings. The molecule has 1 aliphatic heterocycles. The number of fused-ring (bicyclic) bond motifs is 1. The average Bonchev–Trinajstić information content (AvgIpc) is 3.23. The first-order valence-corrected chi connectivity index (χ1v) is 10.0. The first-order chi connectivity index (χ1) is 15.5. The van der Waals surface area contributed by atoms with Gasteiger partial charge in [0.05, 0.1) is 22.9 Å². The molecule has 0 bridgehead atoms. The van der Waals surface area contributed by atoms with Crippen LogP contribution in [0.15, 0.2) is 54.7 Å². The number of rotatable bonds is 3. The molecule has 3 heterocycles. The van der Waals surface area contributed by atoms with Crippen molar-refractivity contribution in [3.63, 3.8) is 0 Å². The average molecular weight is 438 g/mol. The van der Waals surface area contributed by atoms with Crippen molar-refractivity contribution in [2.75, 3.05) is 18.8 Å². The summed E-state index contributed by atoms with van der Waals surface area (Å²) in [6, 6.07) is 11.0. The molecule has 7 nitrogen and oxygen atoms in total. The fourth-order valence-electron chi connectivity index (χ4n) is 3.74. The number of imidazole rings is 1. The van der Waals surface area contributed by atoms with E-state index in [2.05, 4.69) is 19.9 Å². The van der Waals surface area contributed by atoms with Gasteiger partial charge in [0.2, 0.25) is 0 Å². The Morgan fingerprint density at radius 1 is 1.09 bits per heavy atom. The van der Waals surface area contributed by atoms with E-state index >= 15 is 0 Å². The quantitative estimate of drug-likeness (QED) is 0.489. The first-order valence-electron chi connectivity index (χ1n) is 10.0. The lowest BCUT2D eigenvalue weighted by molar-refractivity contribution is 0.0763. The second-order valence-corrected chi connectivity index (χ2v) is 7.42. The number of amides is 1. The van der Waals surface area contributed by atoms with Crippen LogP contribution in [0.2, 0.25) is 0 Å². The molecule has 166 valence electrons. The molecular weight excluding hydrogens is 414 g/mol. The van der Waals surface area contributed by atoms with Gasteiger partial charge in [0, 0.05) is 17.4 Å². The normalized spacial score (nSPS) is 13.9. The lowest BCUT2D eigenvalue weighted by Gasteiger charge is -2.26. The van der Waals surface area contributed by atoms with Crippen LogP contribution in [0.25, 0.3) is 28.1 Å². The Balaban J connectivity index is 0.00000144. The number of aromatic amines is 1. The van der Waals surface area contributed by atoms with Crippen molar-refractivity contribution in [3.05, 3.63) is 77.6 Å². The Morgan fingerprint density at radius 3 is 2.59 bits per heavy atom. The number of aromatic nitrogens is 4. The third kappa shape index (κ3) is 3.47. The van der Waals surface area contributed by atoms with Gasteiger partial charge >= 0.3 is 0 Å². The summed E-state index contributed by atoms with van der Waals surface area (Å²) in [5, 5.41) is 0. The number of nitrogen functional groups attached to an aromatic ring is 1. The summed E-state index contributed by atoms with van der Waals surface area (Å²) in [5.74, 6) is -1.66. The van der Waals surface area contributed by atoms with Crippen molar-refractivity contribution in [2.24, 2.45) is 0 Å². The van der Waals surface area contributed by atoms with Gasteiger partial charge < -0.3 is 15.6 Å². The van der Waals surface area contributed by atoms with Crippen molar-refractivity contribution in [1.82, 2.24) is 24.8 Å². The van der Waals surface area contributed by atoms with Crippen LogP contribution in [-0.4, -0.2) is 43.8 Å². The summed E-state index contributed by atoms with van der Waals surface area (Å²) < 4.78 is 28.0. The molecule has 2 aromatic heterocycles. The molecule has 5 rings (SSSR count). The maximum absolute atomic E-state index is 14.0. The van der Waals surface area contributed by atoms with Gasteiger partial charge in [0.25, 0.3) is 5.91 Å². The third-order valence-electron chi connectivity index (χ3n) is 5.42. The zero-order valence-electron chi connectivity index (χ0n) is 16.8. The van der Waals surface area contributed by atoms with E-state index in [1.54, 1.807) is 6.20 Å². The van der Waals surface area contributed by atoms with Crippen LogP contribution >= 0.6 is 0 Å². The highest BCUT2D eigenvalue weighted by Gasteiger charge is 2.25. The summed E-state index contributed by atoms with van der Waals surface area (Å²) >= 11 is 0. The lowest BCUT2D eigenvalue weighted by Crippen LogP contribution is -2.35. The number of benzene rings is 2. The number of halogens is 2. The molecule has 1 aliphatic rings. The van der Waals surface area contributed by atoms with Crippen molar-refractivity contribution >= 4 is 28.3 Å². The fraction of sp³-hybridized carbons (Fsp3) is 0.130. The number of anilines is 1. The molecule has 0 aliphatic carbocycles. The topological polar surface area (TPSA) is 101 Å². The minimum Gasteiger partial charge on any atom is -0.382 e. The Labute approximate surface area is 186 Å². The maximum Gasteiger partial charge on any atom is 0.260 e. The van der Waals surface area contributed by atoms with E-state index < -0.39 is 23.1 Å². The fourth-order valence-corrected chi connectivity index (χ4v) is 3.74. The van der Waals surface area contributed by atoms with Gasteiger partial charge in [-0.15, -0.1) is 0 Å². The number of carbonyl (C=O) groups is 1. The molecule has 9 heteroatoms. The molecule has 0 saturated heterocycles. The summed E-state index contributed by atoms with van der Waals surface area (Å²) in [6.45, 7) is 0.498. The highest BCUT2D eigenvalue weighted by atomic mass is 19.1. The van der Waals surface area contributed by atoms with Gasteiger partial charge in [-0.3, -0.25) is 4.79 Å². The summed E-state index contributed by atoms with van der Waals surface area (Å²) in [6.07, 6.45) is 3.84. The monoisotopic (exact) mass is 438 g/mol. The molecule has 0 spiro atoms. The molecule has 0 unspecified atom stereocenters. The number of para-hydroxylation sites is 2. The van der Waals surface area contributed by atoms with E-state index in [9.17, 15) is 13.6 Å². The molecule has 3 N–H and O–H groups in total. The summed E-state index contributed by atoms with van der Waals surface area (Å²) in [5.41, 5.74) is 9.08. The van der Waals surface area contributed by atoms with Crippen molar-refractivity contribution in [1.29, 1.82) is 0 Å². The van der Waals surface area contributed by atoms with Crippen LogP contribution in [-0.2, 0) is 0 Å². The number of nitrogens with zero attached hydrogens (tertiary/aromatic N) is 4. The molecule has 0 radical (unpaired) electrons. The Hall–Kier alpha value is -4.14. The van der Waals surface area contributed by atoms with Crippen molar-refractivity contribution in [2.45, 2.75) is 6.42 Å². The second kappa shape index (κ2) is 7.84. The second-order valence-electron chi connectivity index (χ2n) is 7.42. The smallest absolute Gasteiger partial charge is 0.260 e. The predicted octanol–water partition coefficient (Wildman–Crippen LogP) is 4.55. The van der Waals surface area contributed by atoms with Crippen LogP contribution in [0.4, 0.5) is 14.6 Å².